The minimum Gasteiger partial charge on any atom is -0.326 e. The Morgan fingerprint density at radius 2 is 2.00 bits per heavy atom. The van der Waals surface area contributed by atoms with Crippen LogP contribution in [-0.2, 0) is 16.6 Å². The highest BCUT2D eigenvalue weighted by Gasteiger charge is 2.41. The molecule has 20 heavy (non-hydrogen) atoms. The van der Waals surface area contributed by atoms with Crippen molar-refractivity contribution in [1.29, 1.82) is 0 Å². The van der Waals surface area contributed by atoms with Gasteiger partial charge in [0.1, 0.15) is 4.90 Å². The highest BCUT2D eigenvalue weighted by molar-refractivity contribution is 7.89. The first-order valence-electron chi connectivity index (χ1n) is 6.52. The maximum atomic E-state index is 12.3. The van der Waals surface area contributed by atoms with E-state index in [1.807, 2.05) is 0 Å². The lowest BCUT2D eigenvalue weighted by atomic mass is 10.1. The highest BCUT2D eigenvalue weighted by atomic mass is 35.5. The molecule has 2 rings (SSSR count). The molecule has 0 aromatic heterocycles. The van der Waals surface area contributed by atoms with Crippen LogP contribution in [0.25, 0.3) is 0 Å². The fraction of sp³-hybridized carbons (Fsp3) is 0.538. The molecule has 0 bridgehead atoms. The zero-order valence-electron chi connectivity index (χ0n) is 11.2. The third-order valence-corrected chi connectivity index (χ3v) is 6.33. The molecular formula is C13H18Cl2N2O2S. The smallest absolute Gasteiger partial charge is 0.242 e. The second-order valence-electron chi connectivity index (χ2n) is 5.22. The first kappa shape index (κ1) is 16.0. The normalized spacial score (nSPS) is 17.2. The van der Waals surface area contributed by atoms with Gasteiger partial charge in [0.25, 0.3) is 0 Å². The van der Waals surface area contributed by atoms with Gasteiger partial charge in [-0.1, -0.05) is 30.1 Å². The van der Waals surface area contributed by atoms with Crippen LogP contribution in [0.2, 0.25) is 10.0 Å². The van der Waals surface area contributed by atoms with Gasteiger partial charge >= 0.3 is 0 Å². The second kappa shape index (κ2) is 5.81. The lowest BCUT2D eigenvalue weighted by Gasteiger charge is -2.15. The molecule has 0 spiro atoms. The minimum atomic E-state index is -3.64. The van der Waals surface area contributed by atoms with Crippen LogP contribution in [0.15, 0.2) is 17.0 Å². The van der Waals surface area contributed by atoms with Crippen molar-refractivity contribution in [2.75, 3.05) is 6.54 Å². The SMILES string of the molecule is CCC1(CNS(=O)(=O)c2ccc(Cl)c(CN)c2Cl)CC1. The maximum absolute atomic E-state index is 12.3. The van der Waals surface area contributed by atoms with Crippen molar-refractivity contribution >= 4 is 33.2 Å². The van der Waals surface area contributed by atoms with Gasteiger partial charge in [-0.25, -0.2) is 13.1 Å². The molecule has 112 valence electrons. The molecule has 0 aliphatic heterocycles. The summed E-state index contributed by atoms with van der Waals surface area (Å²) in [6.07, 6.45) is 3.10. The third-order valence-electron chi connectivity index (χ3n) is 3.99. The number of halogens is 2. The van der Waals surface area contributed by atoms with Gasteiger partial charge in [0.15, 0.2) is 0 Å². The summed E-state index contributed by atoms with van der Waals surface area (Å²) in [5, 5.41) is 0.484. The molecule has 0 radical (unpaired) electrons. The van der Waals surface area contributed by atoms with E-state index in [1.165, 1.54) is 12.1 Å². The van der Waals surface area contributed by atoms with Crippen LogP contribution in [0.1, 0.15) is 31.7 Å². The highest BCUT2D eigenvalue weighted by Crippen LogP contribution is 2.48. The Kier molecular flexibility index (Phi) is 4.66. The van der Waals surface area contributed by atoms with Gasteiger partial charge in [0.2, 0.25) is 10.0 Å². The first-order chi connectivity index (χ1) is 9.35. The summed E-state index contributed by atoms with van der Waals surface area (Å²) in [4.78, 5) is 0.0379. The van der Waals surface area contributed by atoms with Crippen LogP contribution in [-0.4, -0.2) is 15.0 Å². The summed E-state index contributed by atoms with van der Waals surface area (Å²) in [5.74, 6) is 0. The molecular weight excluding hydrogens is 319 g/mol. The predicted octanol–water partition coefficient (Wildman–Crippen LogP) is 2.92. The molecule has 1 aromatic carbocycles. The Hall–Kier alpha value is -0.330. The van der Waals surface area contributed by atoms with E-state index < -0.39 is 10.0 Å². The lowest BCUT2D eigenvalue weighted by Crippen LogP contribution is -2.30. The molecule has 4 nitrogen and oxygen atoms in total. The van der Waals surface area contributed by atoms with E-state index in [0.717, 1.165) is 19.3 Å². The van der Waals surface area contributed by atoms with Gasteiger partial charge in [-0.3, -0.25) is 0 Å². The number of rotatable bonds is 6. The quantitative estimate of drug-likeness (QED) is 0.838. The number of sulfonamides is 1. The van der Waals surface area contributed by atoms with Crippen LogP contribution in [0.4, 0.5) is 0 Å². The van der Waals surface area contributed by atoms with Crippen molar-refractivity contribution in [1.82, 2.24) is 4.72 Å². The zero-order valence-corrected chi connectivity index (χ0v) is 13.6. The van der Waals surface area contributed by atoms with Gasteiger partial charge < -0.3 is 5.73 Å². The van der Waals surface area contributed by atoms with Gasteiger partial charge in [0, 0.05) is 23.7 Å². The Morgan fingerprint density at radius 3 is 2.50 bits per heavy atom. The number of nitrogens with two attached hydrogens (primary N) is 1. The summed E-state index contributed by atoms with van der Waals surface area (Å²) >= 11 is 12.1. The van der Waals surface area contributed by atoms with Crippen LogP contribution in [0.3, 0.4) is 0 Å². The van der Waals surface area contributed by atoms with Gasteiger partial charge in [-0.15, -0.1) is 0 Å². The molecule has 0 atom stereocenters. The predicted molar refractivity (Wildman–Crippen MR) is 81.5 cm³/mol. The maximum Gasteiger partial charge on any atom is 0.242 e. The lowest BCUT2D eigenvalue weighted by molar-refractivity contribution is 0.475. The van der Waals surface area contributed by atoms with E-state index >= 15 is 0 Å². The van der Waals surface area contributed by atoms with Crippen LogP contribution in [0.5, 0.6) is 0 Å². The Morgan fingerprint density at radius 1 is 1.35 bits per heavy atom. The van der Waals surface area contributed by atoms with Crippen molar-refractivity contribution in [3.8, 4) is 0 Å². The number of hydrogen-bond acceptors (Lipinski definition) is 3. The molecule has 1 aliphatic rings. The summed E-state index contributed by atoms with van der Waals surface area (Å²) < 4.78 is 27.3. The monoisotopic (exact) mass is 336 g/mol. The van der Waals surface area contributed by atoms with Crippen LogP contribution in [0, 0.1) is 5.41 Å². The van der Waals surface area contributed by atoms with Crippen molar-refractivity contribution in [3.05, 3.63) is 27.7 Å². The average molecular weight is 337 g/mol. The van der Waals surface area contributed by atoms with Crippen LogP contribution >= 0.6 is 23.2 Å². The van der Waals surface area contributed by atoms with Gasteiger partial charge in [-0.05, 0) is 36.8 Å². The van der Waals surface area contributed by atoms with Crippen molar-refractivity contribution in [3.63, 3.8) is 0 Å². The van der Waals surface area contributed by atoms with Crippen molar-refractivity contribution < 1.29 is 8.42 Å². The van der Waals surface area contributed by atoms with E-state index in [4.69, 9.17) is 28.9 Å². The van der Waals surface area contributed by atoms with E-state index in [1.54, 1.807) is 0 Å². The molecule has 7 heteroatoms. The molecule has 0 saturated heterocycles. The summed E-state index contributed by atoms with van der Waals surface area (Å²) in [6.45, 7) is 2.62. The van der Waals surface area contributed by atoms with Crippen molar-refractivity contribution in [2.45, 2.75) is 37.6 Å². The molecule has 1 fully saturated rings. The van der Waals surface area contributed by atoms with E-state index in [2.05, 4.69) is 11.6 Å². The molecule has 0 unspecified atom stereocenters. The number of nitrogens with one attached hydrogen (secondary N) is 1. The molecule has 3 N–H and O–H groups in total. The Balaban J connectivity index is 2.26. The zero-order chi connectivity index (χ0) is 15.0. The minimum absolute atomic E-state index is 0.0379. The topological polar surface area (TPSA) is 72.2 Å². The molecule has 0 amide bonds. The van der Waals surface area contributed by atoms with Crippen LogP contribution < -0.4 is 10.5 Å². The molecule has 1 aromatic rings. The third kappa shape index (κ3) is 3.12. The summed E-state index contributed by atoms with van der Waals surface area (Å²) in [5.41, 5.74) is 6.13. The number of hydrogen-bond donors (Lipinski definition) is 2. The Labute approximate surface area is 129 Å². The Bertz CT molecular complexity index is 613. The standard InChI is InChI=1S/C13H18Cl2N2O2S/c1-2-13(5-6-13)8-17-20(18,19)11-4-3-10(14)9(7-16)12(11)15/h3-4,17H,2,5-8,16H2,1H3. The average Bonchev–Trinajstić information content (AvgIpc) is 3.17. The van der Waals surface area contributed by atoms with E-state index in [0.29, 0.717) is 17.1 Å². The van der Waals surface area contributed by atoms with Crippen molar-refractivity contribution in [2.24, 2.45) is 11.1 Å². The summed E-state index contributed by atoms with van der Waals surface area (Å²) in [6, 6.07) is 2.93. The summed E-state index contributed by atoms with van der Waals surface area (Å²) in [7, 11) is -3.64. The number of benzene rings is 1. The largest absolute Gasteiger partial charge is 0.326 e. The second-order valence-corrected chi connectivity index (χ2v) is 7.74. The van der Waals surface area contributed by atoms with Gasteiger partial charge in [0.05, 0.1) is 5.02 Å². The van der Waals surface area contributed by atoms with E-state index in [9.17, 15) is 8.42 Å². The fourth-order valence-corrected chi connectivity index (χ4v) is 4.22. The molecule has 0 heterocycles. The van der Waals surface area contributed by atoms with Gasteiger partial charge in [-0.2, -0.15) is 0 Å². The van der Waals surface area contributed by atoms with E-state index in [-0.39, 0.29) is 21.9 Å². The molecule has 1 aliphatic carbocycles. The first-order valence-corrected chi connectivity index (χ1v) is 8.76. The molecule has 1 saturated carbocycles. The fourth-order valence-electron chi connectivity index (χ4n) is 2.13.